The molecule has 0 amide bonds. The molecule has 0 unspecified atom stereocenters. The number of aromatic nitrogens is 3. The molecule has 0 fully saturated rings. The first-order chi connectivity index (χ1) is 11.7. The molecule has 3 aromatic rings. The Bertz CT molecular complexity index is 825. The van der Waals surface area contributed by atoms with E-state index >= 15 is 0 Å². The lowest BCUT2D eigenvalue weighted by molar-refractivity contribution is 0.616. The number of hydrogen-bond acceptors (Lipinski definition) is 3. The van der Waals surface area contributed by atoms with Gasteiger partial charge in [0.05, 0.1) is 6.20 Å². The predicted octanol–water partition coefficient (Wildman–Crippen LogP) is 4.64. The number of nitrogens with one attached hydrogen (secondary N) is 1. The maximum atomic E-state index is 6.56. The molecule has 0 radical (unpaired) electrons. The summed E-state index contributed by atoms with van der Waals surface area (Å²) in [5.41, 5.74) is 5.24. The highest BCUT2D eigenvalue weighted by Gasteiger charge is 2.13. The highest BCUT2D eigenvalue weighted by molar-refractivity contribution is 6.33. The van der Waals surface area contributed by atoms with Crippen LogP contribution in [0.3, 0.4) is 0 Å². The summed E-state index contributed by atoms with van der Waals surface area (Å²) in [5.74, 6) is 0. The van der Waals surface area contributed by atoms with Crippen molar-refractivity contribution in [3.63, 3.8) is 0 Å². The SMILES string of the molecule is CCCCCNCc1cc(Cl)c(-c2cnn3cccnc23)cc1C. The quantitative estimate of drug-likeness (QED) is 0.636. The fourth-order valence-corrected chi connectivity index (χ4v) is 3.15. The Balaban J connectivity index is 1.82. The van der Waals surface area contributed by atoms with E-state index in [1.54, 1.807) is 10.7 Å². The molecule has 4 nitrogen and oxygen atoms in total. The molecule has 126 valence electrons. The van der Waals surface area contributed by atoms with Crippen molar-refractivity contribution >= 4 is 17.2 Å². The van der Waals surface area contributed by atoms with Crippen LogP contribution in [0, 0.1) is 6.92 Å². The van der Waals surface area contributed by atoms with Crippen LogP contribution in [0.25, 0.3) is 16.8 Å². The molecule has 0 aliphatic rings. The van der Waals surface area contributed by atoms with Gasteiger partial charge in [-0.15, -0.1) is 0 Å². The van der Waals surface area contributed by atoms with Gasteiger partial charge in [-0.3, -0.25) is 0 Å². The number of aryl methyl sites for hydroxylation is 1. The minimum atomic E-state index is 0.742. The summed E-state index contributed by atoms with van der Waals surface area (Å²) in [6.07, 6.45) is 9.22. The fraction of sp³-hybridized carbons (Fsp3) is 0.368. The second-order valence-corrected chi connectivity index (χ2v) is 6.50. The van der Waals surface area contributed by atoms with Crippen LogP contribution in [0.15, 0.2) is 36.8 Å². The lowest BCUT2D eigenvalue weighted by Gasteiger charge is -2.11. The standard InChI is InChI=1S/C19H23ClN4/c1-3-4-5-7-21-12-15-11-18(20)16(10-14(15)2)17-13-23-24-9-6-8-22-19(17)24/h6,8-11,13,21H,3-5,7,12H2,1-2H3. The van der Waals surface area contributed by atoms with Crippen molar-refractivity contribution in [1.29, 1.82) is 0 Å². The third kappa shape index (κ3) is 3.60. The third-order valence-corrected chi connectivity index (χ3v) is 4.58. The van der Waals surface area contributed by atoms with E-state index in [0.717, 1.165) is 34.9 Å². The van der Waals surface area contributed by atoms with Crippen molar-refractivity contribution in [2.45, 2.75) is 39.7 Å². The highest BCUT2D eigenvalue weighted by atomic mass is 35.5. The largest absolute Gasteiger partial charge is 0.313 e. The Labute approximate surface area is 147 Å². The maximum absolute atomic E-state index is 6.56. The number of hydrogen-bond donors (Lipinski definition) is 1. The Morgan fingerprint density at radius 2 is 2.08 bits per heavy atom. The van der Waals surface area contributed by atoms with Gasteiger partial charge in [-0.25, -0.2) is 9.50 Å². The molecule has 0 spiro atoms. The van der Waals surface area contributed by atoms with Crippen molar-refractivity contribution in [1.82, 2.24) is 19.9 Å². The minimum Gasteiger partial charge on any atom is -0.313 e. The second-order valence-electron chi connectivity index (χ2n) is 6.09. The number of unbranched alkanes of at least 4 members (excludes halogenated alkanes) is 2. The molecule has 24 heavy (non-hydrogen) atoms. The van der Waals surface area contributed by atoms with Crippen LogP contribution in [0.1, 0.15) is 37.3 Å². The van der Waals surface area contributed by atoms with E-state index in [1.165, 1.54) is 30.4 Å². The molecule has 2 aromatic heterocycles. The van der Waals surface area contributed by atoms with Crippen LogP contribution in [0.4, 0.5) is 0 Å². The first kappa shape index (κ1) is 16.9. The molecule has 1 aromatic carbocycles. The molecule has 0 atom stereocenters. The lowest BCUT2D eigenvalue weighted by Crippen LogP contribution is -2.15. The lowest BCUT2D eigenvalue weighted by atomic mass is 10.0. The van der Waals surface area contributed by atoms with Gasteiger partial charge < -0.3 is 5.32 Å². The summed E-state index contributed by atoms with van der Waals surface area (Å²) in [7, 11) is 0. The maximum Gasteiger partial charge on any atom is 0.162 e. The number of benzene rings is 1. The van der Waals surface area contributed by atoms with Gasteiger partial charge in [0.25, 0.3) is 0 Å². The molecular weight excluding hydrogens is 320 g/mol. The van der Waals surface area contributed by atoms with E-state index in [4.69, 9.17) is 11.6 Å². The predicted molar refractivity (Wildman–Crippen MR) is 99.4 cm³/mol. The molecule has 0 saturated carbocycles. The Morgan fingerprint density at radius 1 is 1.21 bits per heavy atom. The van der Waals surface area contributed by atoms with Crippen LogP contribution < -0.4 is 5.32 Å². The summed E-state index contributed by atoms with van der Waals surface area (Å²) < 4.78 is 1.77. The van der Waals surface area contributed by atoms with E-state index < -0.39 is 0 Å². The van der Waals surface area contributed by atoms with Crippen LogP contribution in [0.5, 0.6) is 0 Å². The second kappa shape index (κ2) is 7.77. The van der Waals surface area contributed by atoms with E-state index in [1.807, 2.05) is 18.5 Å². The highest BCUT2D eigenvalue weighted by Crippen LogP contribution is 2.32. The Kier molecular flexibility index (Phi) is 5.48. The number of halogens is 1. The summed E-state index contributed by atoms with van der Waals surface area (Å²) in [6.45, 7) is 6.24. The molecule has 0 bridgehead atoms. The number of nitrogens with zero attached hydrogens (tertiary/aromatic N) is 3. The normalized spacial score (nSPS) is 11.3. The van der Waals surface area contributed by atoms with Crippen molar-refractivity contribution in [3.05, 3.63) is 52.9 Å². The monoisotopic (exact) mass is 342 g/mol. The van der Waals surface area contributed by atoms with E-state index in [9.17, 15) is 0 Å². The van der Waals surface area contributed by atoms with Crippen molar-refractivity contribution in [2.24, 2.45) is 0 Å². The molecule has 3 rings (SSSR count). The number of rotatable bonds is 7. The van der Waals surface area contributed by atoms with Gasteiger partial charge in [0, 0.05) is 35.1 Å². The van der Waals surface area contributed by atoms with Gasteiger partial charge in [-0.2, -0.15) is 5.10 Å². The molecule has 0 saturated heterocycles. The van der Waals surface area contributed by atoms with Gasteiger partial charge in [-0.05, 0) is 49.2 Å². The zero-order chi connectivity index (χ0) is 16.9. The van der Waals surface area contributed by atoms with Gasteiger partial charge in [0.15, 0.2) is 5.65 Å². The average Bonchev–Trinajstić information content (AvgIpc) is 3.01. The van der Waals surface area contributed by atoms with Crippen molar-refractivity contribution in [2.75, 3.05) is 6.54 Å². The van der Waals surface area contributed by atoms with E-state index in [2.05, 4.69) is 41.4 Å². The van der Waals surface area contributed by atoms with Gasteiger partial charge in [0.1, 0.15) is 0 Å². The first-order valence-corrected chi connectivity index (χ1v) is 8.87. The van der Waals surface area contributed by atoms with Crippen LogP contribution in [-0.2, 0) is 6.54 Å². The van der Waals surface area contributed by atoms with Gasteiger partial charge in [0.2, 0.25) is 0 Å². The van der Waals surface area contributed by atoms with Crippen LogP contribution in [0.2, 0.25) is 5.02 Å². The molecule has 5 heteroatoms. The van der Waals surface area contributed by atoms with E-state index in [-0.39, 0.29) is 0 Å². The smallest absolute Gasteiger partial charge is 0.162 e. The summed E-state index contributed by atoms with van der Waals surface area (Å²) in [5, 5.41) is 8.59. The fourth-order valence-electron chi connectivity index (χ4n) is 2.86. The molecular formula is C19H23ClN4. The van der Waals surface area contributed by atoms with Crippen molar-refractivity contribution in [3.8, 4) is 11.1 Å². The molecule has 2 heterocycles. The van der Waals surface area contributed by atoms with E-state index in [0.29, 0.717) is 0 Å². The Hall–Kier alpha value is -1.91. The Morgan fingerprint density at radius 3 is 2.92 bits per heavy atom. The number of fused-ring (bicyclic) bond motifs is 1. The zero-order valence-electron chi connectivity index (χ0n) is 14.2. The van der Waals surface area contributed by atoms with Gasteiger partial charge in [-0.1, -0.05) is 31.4 Å². The molecule has 0 aliphatic heterocycles. The summed E-state index contributed by atoms with van der Waals surface area (Å²) >= 11 is 6.56. The van der Waals surface area contributed by atoms with Crippen LogP contribution in [-0.4, -0.2) is 21.1 Å². The van der Waals surface area contributed by atoms with Crippen LogP contribution >= 0.6 is 11.6 Å². The first-order valence-electron chi connectivity index (χ1n) is 8.49. The average molecular weight is 343 g/mol. The summed E-state index contributed by atoms with van der Waals surface area (Å²) in [4.78, 5) is 4.42. The van der Waals surface area contributed by atoms with Crippen molar-refractivity contribution < 1.29 is 0 Å². The topological polar surface area (TPSA) is 42.2 Å². The summed E-state index contributed by atoms with van der Waals surface area (Å²) in [6, 6.07) is 6.06. The molecule has 0 aliphatic carbocycles. The minimum absolute atomic E-state index is 0.742. The van der Waals surface area contributed by atoms with Gasteiger partial charge >= 0.3 is 0 Å². The molecule has 1 N–H and O–H groups in total. The third-order valence-electron chi connectivity index (χ3n) is 4.27. The zero-order valence-corrected chi connectivity index (χ0v) is 15.0.